The van der Waals surface area contributed by atoms with Crippen molar-refractivity contribution in [3.63, 3.8) is 0 Å². The fraction of sp³-hybridized carbons (Fsp3) is 0.0625. The van der Waals surface area contributed by atoms with Crippen LogP contribution in [0, 0.1) is 12.7 Å². The Morgan fingerprint density at radius 2 is 1.83 bits per heavy atom. The molecule has 0 fully saturated rings. The van der Waals surface area contributed by atoms with Crippen molar-refractivity contribution in [3.8, 4) is 9.88 Å². The van der Waals surface area contributed by atoms with E-state index < -0.39 is 17.6 Å². The smallest absolute Gasteiger partial charge is 0.267 e. The Hall–Kier alpha value is -2.58. The van der Waals surface area contributed by atoms with E-state index in [2.05, 4.69) is 15.8 Å². The van der Waals surface area contributed by atoms with Crippen LogP contribution in [0.25, 0.3) is 9.88 Å². The minimum atomic E-state index is -0.720. The average molecular weight is 361 g/mol. The lowest BCUT2D eigenvalue weighted by Gasteiger charge is -2.07. The molecule has 0 bridgehead atoms. The molecule has 0 saturated heterocycles. The van der Waals surface area contributed by atoms with E-state index in [1.165, 1.54) is 40.9 Å². The number of halogens is 1. The van der Waals surface area contributed by atoms with Gasteiger partial charge in [-0.3, -0.25) is 20.4 Å². The number of hydrazine groups is 1. The van der Waals surface area contributed by atoms with Gasteiger partial charge in [-0.25, -0.2) is 9.37 Å². The Bertz CT molecular complexity index is 891. The van der Waals surface area contributed by atoms with E-state index in [9.17, 15) is 14.0 Å². The molecule has 0 aliphatic carbocycles. The van der Waals surface area contributed by atoms with Gasteiger partial charge < -0.3 is 0 Å². The number of carbonyl (C=O) groups excluding carboxylic acids is 2. The molecule has 0 spiro atoms. The van der Waals surface area contributed by atoms with Crippen LogP contribution < -0.4 is 10.9 Å². The number of carbonyl (C=O) groups is 2. The van der Waals surface area contributed by atoms with Crippen LogP contribution in [-0.2, 0) is 0 Å². The third-order valence-electron chi connectivity index (χ3n) is 3.14. The zero-order valence-electron chi connectivity index (χ0n) is 12.5. The number of nitrogens with zero attached hydrogens (tertiary/aromatic N) is 1. The largest absolute Gasteiger partial charge is 0.281 e. The van der Waals surface area contributed by atoms with E-state index in [4.69, 9.17) is 0 Å². The Kier molecular flexibility index (Phi) is 4.68. The van der Waals surface area contributed by atoms with Crippen LogP contribution in [0.5, 0.6) is 0 Å². The van der Waals surface area contributed by atoms with Crippen molar-refractivity contribution in [2.75, 3.05) is 0 Å². The van der Waals surface area contributed by atoms with E-state index in [-0.39, 0.29) is 5.56 Å². The summed E-state index contributed by atoms with van der Waals surface area (Å²) in [6.45, 7) is 1.72. The second-order valence-corrected chi connectivity index (χ2v) is 6.75. The number of aromatic nitrogens is 1. The van der Waals surface area contributed by atoms with Gasteiger partial charge in [0.2, 0.25) is 0 Å². The third kappa shape index (κ3) is 3.34. The molecule has 2 amide bonds. The van der Waals surface area contributed by atoms with Gasteiger partial charge >= 0.3 is 0 Å². The summed E-state index contributed by atoms with van der Waals surface area (Å²) < 4.78 is 13.5. The molecular formula is C16H12FN3O2S2. The van der Waals surface area contributed by atoms with Crippen molar-refractivity contribution in [2.24, 2.45) is 0 Å². The lowest BCUT2D eigenvalue weighted by Crippen LogP contribution is -2.41. The van der Waals surface area contributed by atoms with Gasteiger partial charge in [0.25, 0.3) is 11.8 Å². The topological polar surface area (TPSA) is 71.1 Å². The van der Waals surface area contributed by atoms with Gasteiger partial charge in [-0.15, -0.1) is 22.7 Å². The summed E-state index contributed by atoms with van der Waals surface area (Å²) in [5.41, 5.74) is 4.93. The summed E-state index contributed by atoms with van der Waals surface area (Å²) in [6, 6.07) is 9.37. The lowest BCUT2D eigenvalue weighted by molar-refractivity contribution is 0.0846. The molecule has 0 aliphatic heterocycles. The van der Waals surface area contributed by atoms with Gasteiger partial charge in [-0.1, -0.05) is 18.2 Å². The maximum absolute atomic E-state index is 13.5. The van der Waals surface area contributed by atoms with Gasteiger partial charge in [-0.05, 0) is 30.5 Å². The average Bonchev–Trinajstić information content (AvgIpc) is 3.22. The van der Waals surface area contributed by atoms with Crippen molar-refractivity contribution in [3.05, 3.63) is 63.7 Å². The highest BCUT2D eigenvalue weighted by molar-refractivity contribution is 7.22. The van der Waals surface area contributed by atoms with Crippen molar-refractivity contribution >= 4 is 34.5 Å². The quantitative estimate of drug-likeness (QED) is 0.703. The van der Waals surface area contributed by atoms with Gasteiger partial charge in [-0.2, -0.15) is 0 Å². The summed E-state index contributed by atoms with van der Waals surface area (Å²) in [4.78, 5) is 29.9. The minimum absolute atomic E-state index is 0.141. The van der Waals surface area contributed by atoms with Crippen molar-refractivity contribution in [1.29, 1.82) is 0 Å². The van der Waals surface area contributed by atoms with Crippen LogP contribution in [0.2, 0.25) is 0 Å². The first kappa shape index (κ1) is 16.3. The second-order valence-electron chi connectivity index (χ2n) is 4.80. The molecule has 2 heterocycles. The fourth-order valence-corrected chi connectivity index (χ4v) is 3.75. The molecule has 122 valence electrons. The highest BCUT2D eigenvalue weighted by Crippen LogP contribution is 2.30. The summed E-state index contributed by atoms with van der Waals surface area (Å²) in [6.07, 6.45) is 0. The number of thiazole rings is 1. The molecule has 0 aliphatic rings. The lowest BCUT2D eigenvalue weighted by atomic mass is 10.2. The van der Waals surface area contributed by atoms with E-state index in [1.54, 1.807) is 13.0 Å². The maximum Gasteiger partial charge on any atom is 0.281 e. The van der Waals surface area contributed by atoms with Crippen molar-refractivity contribution in [1.82, 2.24) is 15.8 Å². The molecule has 2 N–H and O–H groups in total. The van der Waals surface area contributed by atoms with E-state index in [1.807, 2.05) is 17.5 Å². The number of hydrogen-bond donors (Lipinski definition) is 2. The van der Waals surface area contributed by atoms with Crippen molar-refractivity contribution in [2.45, 2.75) is 6.92 Å². The predicted octanol–water partition coefficient (Wildman–Crippen LogP) is 3.39. The van der Waals surface area contributed by atoms with Gasteiger partial charge in [0.1, 0.15) is 15.7 Å². The number of nitrogens with one attached hydrogen (secondary N) is 2. The predicted molar refractivity (Wildman–Crippen MR) is 91.5 cm³/mol. The molecule has 3 rings (SSSR count). The maximum atomic E-state index is 13.5. The SMILES string of the molecule is Cc1nc(-c2cccs2)sc1C(=O)NNC(=O)c1ccccc1F. The Morgan fingerprint density at radius 3 is 2.54 bits per heavy atom. The molecule has 0 unspecified atom stereocenters. The molecule has 24 heavy (non-hydrogen) atoms. The normalized spacial score (nSPS) is 10.4. The van der Waals surface area contributed by atoms with E-state index in [0.717, 1.165) is 9.88 Å². The Labute approximate surface area is 145 Å². The Balaban J connectivity index is 1.70. The Morgan fingerprint density at radius 1 is 1.08 bits per heavy atom. The molecule has 0 saturated carbocycles. The summed E-state index contributed by atoms with van der Waals surface area (Å²) in [7, 11) is 0. The highest BCUT2D eigenvalue weighted by atomic mass is 32.1. The molecular weight excluding hydrogens is 349 g/mol. The van der Waals surface area contributed by atoms with Gasteiger partial charge in [0.05, 0.1) is 16.1 Å². The van der Waals surface area contributed by atoms with Crippen LogP contribution in [-0.4, -0.2) is 16.8 Å². The summed E-state index contributed by atoms with van der Waals surface area (Å²) in [5.74, 6) is -1.86. The first-order valence-corrected chi connectivity index (χ1v) is 8.62. The first-order chi connectivity index (χ1) is 11.6. The number of benzene rings is 1. The monoisotopic (exact) mass is 361 g/mol. The van der Waals surface area contributed by atoms with Crippen LogP contribution in [0.15, 0.2) is 41.8 Å². The van der Waals surface area contributed by atoms with Gasteiger partial charge in [0.15, 0.2) is 0 Å². The molecule has 0 radical (unpaired) electrons. The van der Waals surface area contributed by atoms with Crippen LogP contribution in [0.3, 0.4) is 0 Å². The number of aryl methyl sites for hydroxylation is 1. The number of rotatable bonds is 3. The molecule has 3 aromatic rings. The molecule has 2 aromatic heterocycles. The number of amides is 2. The molecule has 8 heteroatoms. The van der Waals surface area contributed by atoms with E-state index >= 15 is 0 Å². The highest BCUT2D eigenvalue weighted by Gasteiger charge is 2.18. The van der Waals surface area contributed by atoms with Crippen molar-refractivity contribution < 1.29 is 14.0 Å². The zero-order chi connectivity index (χ0) is 17.1. The minimum Gasteiger partial charge on any atom is -0.267 e. The van der Waals surface area contributed by atoms with Gasteiger partial charge in [0, 0.05) is 0 Å². The summed E-state index contributed by atoms with van der Waals surface area (Å²) in [5, 5.41) is 2.67. The molecule has 1 aromatic carbocycles. The van der Waals surface area contributed by atoms with E-state index in [0.29, 0.717) is 10.6 Å². The molecule has 0 atom stereocenters. The fourth-order valence-electron chi connectivity index (χ4n) is 2.00. The first-order valence-electron chi connectivity index (χ1n) is 6.93. The second kappa shape index (κ2) is 6.90. The standard InChI is InChI=1S/C16H12FN3O2S2/c1-9-13(24-16(18-9)12-7-4-8-23-12)15(22)20-19-14(21)10-5-2-3-6-11(10)17/h2-8H,1H3,(H,19,21)(H,20,22). The van der Waals surface area contributed by atoms with Crippen LogP contribution in [0.4, 0.5) is 4.39 Å². The van der Waals surface area contributed by atoms with Crippen LogP contribution in [0.1, 0.15) is 25.7 Å². The summed E-state index contributed by atoms with van der Waals surface area (Å²) >= 11 is 2.77. The number of hydrogen-bond acceptors (Lipinski definition) is 5. The molecule has 5 nitrogen and oxygen atoms in total. The number of thiophene rings is 1. The van der Waals surface area contributed by atoms with Crippen LogP contribution >= 0.6 is 22.7 Å². The zero-order valence-corrected chi connectivity index (χ0v) is 14.1. The third-order valence-corrected chi connectivity index (χ3v) is 5.34.